The van der Waals surface area contributed by atoms with Crippen molar-refractivity contribution in [1.29, 1.82) is 0 Å². The summed E-state index contributed by atoms with van der Waals surface area (Å²) in [5, 5.41) is 0.847. The van der Waals surface area contributed by atoms with Gasteiger partial charge in [0.15, 0.2) is 5.75 Å². The fourth-order valence-electron chi connectivity index (χ4n) is 4.38. The van der Waals surface area contributed by atoms with Crippen LogP contribution >= 0.6 is 0 Å². The highest BCUT2D eigenvalue weighted by atomic mass is 16.5. The summed E-state index contributed by atoms with van der Waals surface area (Å²) in [6.07, 6.45) is 10.6. The molecular formula is C33H43NO4. The van der Waals surface area contributed by atoms with Crippen LogP contribution in [0.3, 0.4) is 0 Å². The molecule has 0 aliphatic rings. The van der Waals surface area contributed by atoms with Crippen molar-refractivity contribution in [1.82, 2.24) is 4.57 Å². The van der Waals surface area contributed by atoms with Crippen molar-refractivity contribution < 1.29 is 14.2 Å². The minimum atomic E-state index is -0.169. The maximum absolute atomic E-state index is 13.9. The molecule has 0 bridgehead atoms. The van der Waals surface area contributed by atoms with Crippen LogP contribution in [-0.4, -0.2) is 18.3 Å². The first-order chi connectivity index (χ1) is 18.4. The van der Waals surface area contributed by atoms with Crippen molar-refractivity contribution in [3.63, 3.8) is 0 Å². The molecular weight excluding hydrogens is 474 g/mol. The molecule has 1 aromatic heterocycles. The van der Waals surface area contributed by atoms with E-state index in [0.717, 1.165) is 55.0 Å². The van der Waals surface area contributed by atoms with Crippen molar-refractivity contribution >= 4 is 10.9 Å². The van der Waals surface area contributed by atoms with Gasteiger partial charge in [0.05, 0.1) is 12.6 Å². The highest BCUT2D eigenvalue weighted by Gasteiger charge is 2.20. The van der Waals surface area contributed by atoms with Crippen LogP contribution in [0.4, 0.5) is 0 Å². The van der Waals surface area contributed by atoms with Gasteiger partial charge in [0, 0.05) is 18.0 Å². The van der Waals surface area contributed by atoms with Crippen LogP contribution in [0, 0.1) is 0 Å². The molecule has 2 aromatic carbocycles. The number of rotatable bonds is 15. The Morgan fingerprint density at radius 2 is 1.71 bits per heavy atom. The third-order valence-corrected chi connectivity index (χ3v) is 6.60. The topological polar surface area (TPSA) is 49.7 Å². The number of hydrogen-bond donors (Lipinski definition) is 0. The largest absolute Gasteiger partial charge is 0.497 e. The van der Waals surface area contributed by atoms with E-state index in [1.807, 2.05) is 53.1 Å². The first-order valence-corrected chi connectivity index (χ1v) is 13.8. The predicted molar refractivity (Wildman–Crippen MR) is 158 cm³/mol. The van der Waals surface area contributed by atoms with Crippen molar-refractivity contribution in [2.45, 2.75) is 79.4 Å². The summed E-state index contributed by atoms with van der Waals surface area (Å²) in [5.74, 6) is 1.46. The molecule has 0 amide bonds. The van der Waals surface area contributed by atoms with E-state index in [9.17, 15) is 4.79 Å². The number of unbranched alkanes of at least 4 members (excludes halogenated alkanes) is 3. The van der Waals surface area contributed by atoms with Gasteiger partial charge in [-0.2, -0.15) is 0 Å². The molecule has 3 aromatic rings. The zero-order valence-electron chi connectivity index (χ0n) is 23.7. The van der Waals surface area contributed by atoms with Gasteiger partial charge in [-0.15, -0.1) is 0 Å². The van der Waals surface area contributed by atoms with Gasteiger partial charge in [0.1, 0.15) is 19.0 Å². The molecule has 0 atom stereocenters. The fraction of sp³-hybridized carbons (Fsp3) is 0.424. The van der Waals surface area contributed by atoms with E-state index in [-0.39, 0.29) is 11.3 Å². The number of ether oxygens (including phenoxy) is 3. The van der Waals surface area contributed by atoms with Gasteiger partial charge in [-0.25, -0.2) is 0 Å². The van der Waals surface area contributed by atoms with Gasteiger partial charge >= 0.3 is 0 Å². The normalized spacial score (nSPS) is 11.4. The number of methoxy groups -OCH3 is 1. The third kappa shape index (κ3) is 8.27. The van der Waals surface area contributed by atoms with Crippen LogP contribution in [0.5, 0.6) is 17.2 Å². The Morgan fingerprint density at radius 1 is 0.921 bits per heavy atom. The van der Waals surface area contributed by atoms with Gasteiger partial charge in [-0.1, -0.05) is 73.7 Å². The van der Waals surface area contributed by atoms with Crippen molar-refractivity contribution in [3.8, 4) is 17.2 Å². The average molecular weight is 518 g/mol. The molecule has 0 saturated heterocycles. The zero-order chi connectivity index (χ0) is 27.3. The molecule has 3 rings (SSSR count). The molecule has 38 heavy (non-hydrogen) atoms. The average Bonchev–Trinajstić information content (AvgIpc) is 2.92. The Labute approximate surface area is 227 Å². The van der Waals surface area contributed by atoms with E-state index in [0.29, 0.717) is 31.3 Å². The Bertz CT molecular complexity index is 1280. The minimum absolute atomic E-state index is 0.169. The Hall–Kier alpha value is -3.47. The van der Waals surface area contributed by atoms with Crippen LogP contribution in [0.1, 0.15) is 71.8 Å². The van der Waals surface area contributed by atoms with E-state index in [2.05, 4.69) is 39.8 Å². The van der Waals surface area contributed by atoms with Gasteiger partial charge < -0.3 is 18.8 Å². The van der Waals surface area contributed by atoms with Crippen LogP contribution in [0.2, 0.25) is 0 Å². The maximum atomic E-state index is 13.9. The first kappa shape index (κ1) is 29.1. The lowest BCUT2D eigenvalue weighted by Crippen LogP contribution is -2.24. The summed E-state index contributed by atoms with van der Waals surface area (Å²) >= 11 is 0. The van der Waals surface area contributed by atoms with Gasteiger partial charge in [-0.3, -0.25) is 4.79 Å². The molecule has 0 N–H and O–H groups in total. The van der Waals surface area contributed by atoms with Crippen molar-refractivity contribution in [2.24, 2.45) is 0 Å². The summed E-state index contributed by atoms with van der Waals surface area (Å²) in [6, 6.07) is 15.7. The molecule has 5 heteroatoms. The highest BCUT2D eigenvalue weighted by Crippen LogP contribution is 2.35. The van der Waals surface area contributed by atoms with E-state index >= 15 is 0 Å². The zero-order valence-corrected chi connectivity index (χ0v) is 23.7. The molecule has 0 unspecified atom stereocenters. The monoisotopic (exact) mass is 517 g/mol. The van der Waals surface area contributed by atoms with Crippen LogP contribution in [-0.2, 0) is 13.2 Å². The van der Waals surface area contributed by atoms with E-state index in [1.54, 1.807) is 7.11 Å². The van der Waals surface area contributed by atoms with Crippen LogP contribution < -0.4 is 19.8 Å². The molecule has 0 radical (unpaired) electrons. The predicted octanol–water partition coefficient (Wildman–Crippen LogP) is 8.24. The molecule has 0 saturated carbocycles. The SMILES string of the molecule is CCCCCCn1c(=O)c(OCc2ccccc2)c(OC/C=C(\C)CCC=C(C)C)c2ccc(OC)cc21. The molecule has 1 heterocycles. The fourth-order valence-corrected chi connectivity index (χ4v) is 4.38. The molecule has 0 aliphatic heterocycles. The standard InChI is InChI=1S/C33H43NO4/c1-6-7-8-12-21-34-30-23-28(36-5)18-19-29(30)31(37-22-20-26(4)15-13-14-25(2)3)32(33(34)35)38-24-27-16-10-9-11-17-27/h9-11,14,16-20,23H,6-8,12-13,15,21-22,24H2,1-5H3/b26-20+. The Kier molecular flexibility index (Phi) is 11.5. The number of aryl methyl sites for hydroxylation is 1. The van der Waals surface area contributed by atoms with Gasteiger partial charge in [0.2, 0.25) is 5.75 Å². The lowest BCUT2D eigenvalue weighted by atomic mass is 10.1. The Morgan fingerprint density at radius 3 is 2.42 bits per heavy atom. The van der Waals surface area contributed by atoms with Crippen molar-refractivity contribution in [3.05, 3.63) is 87.7 Å². The maximum Gasteiger partial charge on any atom is 0.297 e. The minimum Gasteiger partial charge on any atom is -0.497 e. The number of fused-ring (bicyclic) bond motifs is 1. The second-order valence-electron chi connectivity index (χ2n) is 10.0. The van der Waals surface area contributed by atoms with E-state index < -0.39 is 0 Å². The third-order valence-electron chi connectivity index (χ3n) is 6.60. The first-order valence-electron chi connectivity index (χ1n) is 13.8. The lowest BCUT2D eigenvalue weighted by molar-refractivity contribution is 0.270. The second kappa shape index (κ2) is 15.1. The van der Waals surface area contributed by atoms with Crippen LogP contribution in [0.15, 0.2) is 76.6 Å². The number of benzene rings is 2. The summed E-state index contributed by atoms with van der Waals surface area (Å²) in [6.45, 7) is 9.81. The molecule has 5 nitrogen and oxygen atoms in total. The summed E-state index contributed by atoms with van der Waals surface area (Å²) in [5.41, 5.74) is 4.21. The van der Waals surface area contributed by atoms with Gasteiger partial charge in [0.25, 0.3) is 5.56 Å². The quantitative estimate of drug-likeness (QED) is 0.150. The van der Waals surface area contributed by atoms with E-state index in [1.165, 1.54) is 11.1 Å². The molecule has 204 valence electrons. The molecule has 0 aliphatic carbocycles. The van der Waals surface area contributed by atoms with Crippen molar-refractivity contribution in [2.75, 3.05) is 13.7 Å². The number of hydrogen-bond acceptors (Lipinski definition) is 4. The highest BCUT2D eigenvalue weighted by molar-refractivity contribution is 5.89. The number of allylic oxidation sites excluding steroid dienone is 3. The number of aromatic nitrogens is 1. The van der Waals surface area contributed by atoms with E-state index in [4.69, 9.17) is 14.2 Å². The Balaban J connectivity index is 2.00. The smallest absolute Gasteiger partial charge is 0.297 e. The molecule has 0 spiro atoms. The summed E-state index contributed by atoms with van der Waals surface area (Å²) < 4.78 is 19.9. The number of nitrogens with zero attached hydrogens (tertiary/aromatic N) is 1. The second-order valence-corrected chi connectivity index (χ2v) is 10.0. The summed E-state index contributed by atoms with van der Waals surface area (Å²) in [4.78, 5) is 13.9. The lowest BCUT2D eigenvalue weighted by Gasteiger charge is -2.19. The molecule has 0 fully saturated rings. The summed E-state index contributed by atoms with van der Waals surface area (Å²) in [7, 11) is 1.64. The van der Waals surface area contributed by atoms with Crippen LogP contribution in [0.25, 0.3) is 10.9 Å². The number of pyridine rings is 1. The van der Waals surface area contributed by atoms with Gasteiger partial charge in [-0.05, 0) is 63.8 Å².